The van der Waals surface area contributed by atoms with E-state index in [2.05, 4.69) is 13.0 Å². The largest absolute Gasteiger partial charge is 0.497 e. The fourth-order valence-corrected chi connectivity index (χ4v) is 5.72. The van der Waals surface area contributed by atoms with Gasteiger partial charge in [0.1, 0.15) is 11.5 Å². The maximum atomic E-state index is 10.7. The maximum Gasteiger partial charge on any atom is 0.130 e. The van der Waals surface area contributed by atoms with E-state index in [0.29, 0.717) is 5.92 Å². The predicted molar refractivity (Wildman–Crippen MR) is 95.5 cm³/mol. The topological polar surface area (TPSA) is 38.7 Å². The Hall–Kier alpha value is -1.48. The predicted octanol–water partition coefficient (Wildman–Crippen LogP) is 4.36. The lowest BCUT2D eigenvalue weighted by atomic mass is 9.60. The number of hydrogen-bond acceptors (Lipinski definition) is 3. The molecule has 130 valence electrons. The highest BCUT2D eigenvalue weighted by atomic mass is 16.5. The number of aliphatic hydroxyl groups is 1. The number of allylic oxidation sites excluding steroid dienone is 2. The molecule has 3 heteroatoms. The van der Waals surface area contributed by atoms with Crippen LogP contribution in [-0.2, 0) is 6.42 Å². The maximum absolute atomic E-state index is 10.7. The fourth-order valence-electron chi connectivity index (χ4n) is 5.72. The zero-order valence-electron chi connectivity index (χ0n) is 15.0. The van der Waals surface area contributed by atoms with Crippen LogP contribution in [0.5, 0.6) is 11.5 Å². The third-order valence-electron chi connectivity index (χ3n) is 6.97. The van der Waals surface area contributed by atoms with Gasteiger partial charge in [0.2, 0.25) is 0 Å². The Morgan fingerprint density at radius 2 is 1.96 bits per heavy atom. The molecule has 0 heterocycles. The number of methoxy groups -OCH3 is 2. The van der Waals surface area contributed by atoms with Crippen LogP contribution in [0.25, 0.3) is 5.57 Å². The van der Waals surface area contributed by atoms with Crippen LogP contribution in [0, 0.1) is 11.3 Å². The molecule has 0 amide bonds. The Morgan fingerprint density at radius 3 is 2.67 bits per heavy atom. The first-order valence-electron chi connectivity index (χ1n) is 9.30. The summed E-state index contributed by atoms with van der Waals surface area (Å²) in [4.78, 5) is 0. The summed E-state index contributed by atoms with van der Waals surface area (Å²) in [7, 11) is 3.47. The number of ether oxygens (including phenoxy) is 2. The van der Waals surface area contributed by atoms with Crippen molar-refractivity contribution in [1.29, 1.82) is 0 Å². The summed E-state index contributed by atoms with van der Waals surface area (Å²) in [6.07, 6.45) is 7.40. The number of rotatable bonds is 3. The second kappa shape index (κ2) is 5.80. The summed E-state index contributed by atoms with van der Waals surface area (Å²) in [5.74, 6) is 2.38. The number of benzene rings is 1. The van der Waals surface area contributed by atoms with E-state index in [9.17, 15) is 5.11 Å². The van der Waals surface area contributed by atoms with Crippen molar-refractivity contribution >= 4 is 5.57 Å². The van der Waals surface area contributed by atoms with Gasteiger partial charge < -0.3 is 14.6 Å². The number of fused-ring (bicyclic) bond motifs is 4. The van der Waals surface area contributed by atoms with E-state index in [0.717, 1.165) is 56.4 Å². The van der Waals surface area contributed by atoms with E-state index in [1.54, 1.807) is 19.8 Å². The molecule has 0 radical (unpaired) electrons. The Morgan fingerprint density at radius 1 is 1.12 bits per heavy atom. The Balaban J connectivity index is 1.85. The molecule has 0 saturated heterocycles. The van der Waals surface area contributed by atoms with Gasteiger partial charge >= 0.3 is 0 Å². The molecule has 3 atom stereocenters. The lowest BCUT2D eigenvalue weighted by Gasteiger charge is -2.45. The highest BCUT2D eigenvalue weighted by Crippen LogP contribution is 2.60. The molecule has 0 aliphatic heterocycles. The van der Waals surface area contributed by atoms with E-state index >= 15 is 0 Å². The molecular weight excluding hydrogens is 300 g/mol. The molecule has 1 N–H and O–H groups in total. The Kier molecular flexibility index (Phi) is 3.87. The fraction of sp³-hybridized carbons (Fsp3) is 0.619. The number of aryl methyl sites for hydroxylation is 1. The molecule has 0 aromatic heterocycles. The van der Waals surface area contributed by atoms with Crippen LogP contribution in [0.2, 0.25) is 0 Å². The molecule has 3 aliphatic carbocycles. The van der Waals surface area contributed by atoms with Crippen molar-refractivity contribution in [2.24, 2.45) is 11.3 Å². The number of aliphatic hydroxyl groups excluding tert-OH is 1. The molecule has 1 fully saturated rings. The van der Waals surface area contributed by atoms with Gasteiger partial charge in [-0.3, -0.25) is 0 Å². The Bertz CT molecular complexity index is 691. The van der Waals surface area contributed by atoms with Gasteiger partial charge in [-0.15, -0.1) is 0 Å². The minimum Gasteiger partial charge on any atom is -0.497 e. The van der Waals surface area contributed by atoms with Gasteiger partial charge in [0.05, 0.1) is 20.3 Å². The van der Waals surface area contributed by atoms with Gasteiger partial charge in [-0.25, -0.2) is 0 Å². The molecule has 3 nitrogen and oxygen atoms in total. The van der Waals surface area contributed by atoms with E-state index in [-0.39, 0.29) is 11.5 Å². The van der Waals surface area contributed by atoms with Gasteiger partial charge in [-0.2, -0.15) is 0 Å². The van der Waals surface area contributed by atoms with Gasteiger partial charge in [0.15, 0.2) is 0 Å². The molecule has 4 rings (SSSR count). The van der Waals surface area contributed by atoms with Crippen molar-refractivity contribution < 1.29 is 14.6 Å². The van der Waals surface area contributed by atoms with Crippen molar-refractivity contribution in [3.8, 4) is 11.5 Å². The average molecular weight is 328 g/mol. The van der Waals surface area contributed by atoms with Crippen LogP contribution >= 0.6 is 0 Å². The highest BCUT2D eigenvalue weighted by Gasteiger charge is 2.52. The first-order chi connectivity index (χ1) is 11.6. The van der Waals surface area contributed by atoms with E-state index in [4.69, 9.17) is 9.47 Å². The van der Waals surface area contributed by atoms with E-state index < -0.39 is 0 Å². The molecule has 1 aromatic rings. The summed E-state index contributed by atoms with van der Waals surface area (Å²) >= 11 is 0. The summed E-state index contributed by atoms with van der Waals surface area (Å²) in [6.45, 7) is 2.26. The molecule has 0 unspecified atom stereocenters. The van der Waals surface area contributed by atoms with Gasteiger partial charge in [-0.05, 0) is 68.1 Å². The highest BCUT2D eigenvalue weighted by molar-refractivity contribution is 5.79. The van der Waals surface area contributed by atoms with Crippen LogP contribution in [-0.4, -0.2) is 25.4 Å². The molecular formula is C21H28O3. The van der Waals surface area contributed by atoms with Crippen LogP contribution in [0.1, 0.15) is 56.6 Å². The average Bonchev–Trinajstić information content (AvgIpc) is 2.97. The summed E-state index contributed by atoms with van der Waals surface area (Å²) < 4.78 is 11.2. The van der Waals surface area contributed by atoms with Crippen LogP contribution in [0.3, 0.4) is 0 Å². The van der Waals surface area contributed by atoms with Crippen LogP contribution in [0.15, 0.2) is 17.7 Å². The molecule has 1 aromatic carbocycles. The van der Waals surface area contributed by atoms with Gasteiger partial charge in [0, 0.05) is 17.0 Å². The quantitative estimate of drug-likeness (QED) is 0.896. The lowest BCUT2D eigenvalue weighted by Crippen LogP contribution is -2.39. The third kappa shape index (κ3) is 2.07. The number of hydrogen-bond donors (Lipinski definition) is 1. The van der Waals surface area contributed by atoms with E-state index in [1.165, 1.54) is 16.7 Å². The lowest BCUT2D eigenvalue weighted by molar-refractivity contribution is 0.0193. The van der Waals surface area contributed by atoms with Crippen molar-refractivity contribution in [2.45, 2.75) is 58.0 Å². The van der Waals surface area contributed by atoms with Gasteiger partial charge in [0.25, 0.3) is 0 Å². The summed E-state index contributed by atoms with van der Waals surface area (Å²) in [5.41, 5.74) is 5.89. The molecule has 3 aliphatic rings. The van der Waals surface area contributed by atoms with Crippen molar-refractivity contribution in [3.05, 3.63) is 28.8 Å². The first-order valence-corrected chi connectivity index (χ1v) is 9.30. The second-order valence-corrected chi connectivity index (χ2v) is 7.60. The van der Waals surface area contributed by atoms with Crippen molar-refractivity contribution in [3.63, 3.8) is 0 Å². The molecule has 1 saturated carbocycles. The third-order valence-corrected chi connectivity index (χ3v) is 6.97. The molecule has 24 heavy (non-hydrogen) atoms. The first kappa shape index (κ1) is 16.0. The smallest absolute Gasteiger partial charge is 0.130 e. The minimum atomic E-state index is -0.124. The van der Waals surface area contributed by atoms with Crippen molar-refractivity contribution in [2.75, 3.05) is 14.2 Å². The summed E-state index contributed by atoms with van der Waals surface area (Å²) in [6, 6.07) is 4.19. The normalized spacial score (nSPS) is 31.3. The molecule has 0 bridgehead atoms. The Labute approximate surface area is 144 Å². The zero-order valence-corrected chi connectivity index (χ0v) is 15.0. The monoisotopic (exact) mass is 328 g/mol. The van der Waals surface area contributed by atoms with Crippen molar-refractivity contribution in [1.82, 2.24) is 0 Å². The zero-order chi connectivity index (χ0) is 16.9. The van der Waals surface area contributed by atoms with Crippen LogP contribution < -0.4 is 9.47 Å². The van der Waals surface area contributed by atoms with Gasteiger partial charge in [-0.1, -0.05) is 12.5 Å². The SMILES string of the molecule is CC[C@]12CCC3=C(CCc4cc(OC)cc(OC)c43)[C@@H]1CC[C@@H]2O. The van der Waals surface area contributed by atoms with E-state index in [1.807, 2.05) is 6.07 Å². The second-order valence-electron chi connectivity index (χ2n) is 7.60. The summed E-state index contributed by atoms with van der Waals surface area (Å²) in [5, 5.41) is 10.7. The molecule has 0 spiro atoms. The van der Waals surface area contributed by atoms with Crippen LogP contribution in [0.4, 0.5) is 0 Å². The standard InChI is InChI=1S/C21H28O3/c1-4-21-10-9-16-15(17(21)7-8-19(21)22)6-5-13-11-14(23-2)12-18(24-3)20(13)16/h11-12,17,19,22H,4-10H2,1-3H3/t17-,19-,21-/m0/s1. The minimum absolute atomic E-state index is 0.121.